The first-order valence-corrected chi connectivity index (χ1v) is 4.90. The molecule has 0 radical (unpaired) electrons. The predicted octanol–water partition coefficient (Wildman–Crippen LogP) is 0.691. The molecule has 1 amide bonds. The van der Waals surface area contributed by atoms with Gasteiger partial charge in [0.25, 0.3) is 5.91 Å². The second-order valence-corrected chi connectivity index (χ2v) is 3.71. The molecule has 0 aromatic carbocycles. The third kappa shape index (κ3) is 2.03. The van der Waals surface area contributed by atoms with Gasteiger partial charge in [0.15, 0.2) is 0 Å². The molecule has 0 saturated carbocycles. The van der Waals surface area contributed by atoms with Gasteiger partial charge in [-0.1, -0.05) is 6.07 Å². The van der Waals surface area contributed by atoms with Crippen LogP contribution in [0.1, 0.15) is 17.7 Å². The van der Waals surface area contributed by atoms with E-state index in [2.05, 4.69) is 4.98 Å². The van der Waals surface area contributed by atoms with Crippen LogP contribution in [0.4, 0.5) is 0 Å². The van der Waals surface area contributed by atoms with E-state index in [1.54, 1.807) is 11.1 Å². The van der Waals surface area contributed by atoms with Crippen LogP contribution in [0.25, 0.3) is 0 Å². The number of ketones is 1. The van der Waals surface area contributed by atoms with Gasteiger partial charge in [-0.25, -0.2) is 0 Å². The normalized spacial score (nSPS) is 16.2. The molecule has 1 aliphatic rings. The van der Waals surface area contributed by atoms with Gasteiger partial charge in [-0.05, 0) is 18.6 Å². The quantitative estimate of drug-likeness (QED) is 0.666. The summed E-state index contributed by atoms with van der Waals surface area (Å²) < 4.78 is 0. The van der Waals surface area contributed by atoms with Gasteiger partial charge in [0.1, 0.15) is 0 Å². The third-order valence-corrected chi connectivity index (χ3v) is 2.48. The van der Waals surface area contributed by atoms with Gasteiger partial charge in [-0.15, -0.1) is 0 Å². The largest absolute Gasteiger partial charge is 0.331 e. The molecule has 1 aromatic heterocycles. The van der Waals surface area contributed by atoms with Gasteiger partial charge < -0.3 is 4.90 Å². The standard InChI is InChI=1S/C11H12N2O2/c1-8-2-3-9(6-12-8)7-13-5-4-10(14)11(13)15/h2-3,6H,4-5,7H2,1H3. The van der Waals surface area contributed by atoms with E-state index in [-0.39, 0.29) is 11.7 Å². The van der Waals surface area contributed by atoms with E-state index in [1.807, 2.05) is 19.1 Å². The van der Waals surface area contributed by atoms with E-state index in [4.69, 9.17) is 0 Å². The van der Waals surface area contributed by atoms with Crippen molar-refractivity contribution < 1.29 is 9.59 Å². The van der Waals surface area contributed by atoms with E-state index in [0.29, 0.717) is 19.5 Å². The Morgan fingerprint density at radius 1 is 1.40 bits per heavy atom. The van der Waals surface area contributed by atoms with E-state index in [9.17, 15) is 9.59 Å². The number of amides is 1. The second-order valence-electron chi connectivity index (χ2n) is 3.71. The van der Waals surface area contributed by atoms with Crippen LogP contribution in [0.5, 0.6) is 0 Å². The minimum atomic E-state index is -0.365. The van der Waals surface area contributed by atoms with Crippen LogP contribution in [0.15, 0.2) is 18.3 Å². The molecule has 78 valence electrons. The lowest BCUT2D eigenvalue weighted by Gasteiger charge is -2.13. The summed E-state index contributed by atoms with van der Waals surface area (Å²) in [6.07, 6.45) is 2.09. The molecule has 4 heteroatoms. The number of carbonyl (C=O) groups is 2. The van der Waals surface area contributed by atoms with Gasteiger partial charge in [-0.2, -0.15) is 0 Å². The summed E-state index contributed by atoms with van der Waals surface area (Å²) in [6, 6.07) is 3.83. The zero-order chi connectivity index (χ0) is 10.8. The Bertz CT molecular complexity index is 398. The molecule has 1 saturated heterocycles. The molecule has 15 heavy (non-hydrogen) atoms. The third-order valence-electron chi connectivity index (χ3n) is 2.48. The Hall–Kier alpha value is -1.71. The number of nitrogens with zero attached hydrogens (tertiary/aromatic N) is 2. The molecule has 0 spiro atoms. The molecule has 1 aromatic rings. The molecule has 0 N–H and O–H groups in total. The van der Waals surface area contributed by atoms with Crippen molar-refractivity contribution in [1.29, 1.82) is 0 Å². The average molecular weight is 204 g/mol. The fourth-order valence-corrected chi connectivity index (χ4v) is 1.58. The molecule has 1 aliphatic heterocycles. The number of hydrogen-bond donors (Lipinski definition) is 0. The van der Waals surface area contributed by atoms with Gasteiger partial charge in [-0.3, -0.25) is 14.6 Å². The highest BCUT2D eigenvalue weighted by Crippen LogP contribution is 2.11. The zero-order valence-electron chi connectivity index (χ0n) is 8.56. The summed E-state index contributed by atoms with van der Waals surface area (Å²) in [4.78, 5) is 28.1. The molecule has 1 fully saturated rings. The Kier molecular flexibility index (Phi) is 2.49. The number of aryl methyl sites for hydroxylation is 1. The number of Topliss-reactive ketones (excluding diaryl/α,β-unsaturated/α-hetero) is 1. The smallest absolute Gasteiger partial charge is 0.290 e. The second kappa shape index (κ2) is 3.81. The van der Waals surface area contributed by atoms with E-state index in [1.165, 1.54) is 0 Å². The Labute approximate surface area is 87.9 Å². The highest BCUT2D eigenvalue weighted by atomic mass is 16.2. The summed E-state index contributed by atoms with van der Waals surface area (Å²) in [5.74, 6) is -0.648. The maximum atomic E-state index is 11.3. The highest BCUT2D eigenvalue weighted by Gasteiger charge is 2.28. The summed E-state index contributed by atoms with van der Waals surface area (Å²) in [7, 11) is 0. The topological polar surface area (TPSA) is 50.3 Å². The molecule has 0 bridgehead atoms. The Morgan fingerprint density at radius 3 is 2.73 bits per heavy atom. The maximum Gasteiger partial charge on any atom is 0.290 e. The summed E-state index contributed by atoms with van der Waals surface area (Å²) in [5, 5.41) is 0. The van der Waals surface area contributed by atoms with Crippen molar-refractivity contribution in [2.45, 2.75) is 19.9 Å². The van der Waals surface area contributed by atoms with Crippen molar-refractivity contribution in [1.82, 2.24) is 9.88 Å². The molecular weight excluding hydrogens is 192 g/mol. The number of rotatable bonds is 2. The molecular formula is C11H12N2O2. The number of aromatic nitrogens is 1. The monoisotopic (exact) mass is 204 g/mol. The first kappa shape index (κ1) is 9.83. The van der Waals surface area contributed by atoms with Crippen LogP contribution < -0.4 is 0 Å². The fourth-order valence-electron chi connectivity index (χ4n) is 1.58. The molecule has 2 heterocycles. The molecule has 2 rings (SSSR count). The van der Waals surface area contributed by atoms with Crippen molar-refractivity contribution in [2.24, 2.45) is 0 Å². The van der Waals surface area contributed by atoms with Crippen molar-refractivity contribution in [3.05, 3.63) is 29.6 Å². The number of pyridine rings is 1. The molecule has 0 atom stereocenters. The van der Waals surface area contributed by atoms with E-state index >= 15 is 0 Å². The van der Waals surface area contributed by atoms with Crippen molar-refractivity contribution in [3.8, 4) is 0 Å². The van der Waals surface area contributed by atoms with Crippen LogP contribution in [0.3, 0.4) is 0 Å². The molecule has 0 unspecified atom stereocenters. The van der Waals surface area contributed by atoms with Crippen molar-refractivity contribution in [2.75, 3.05) is 6.54 Å². The van der Waals surface area contributed by atoms with Crippen LogP contribution in [0, 0.1) is 6.92 Å². The van der Waals surface area contributed by atoms with Crippen LogP contribution in [0.2, 0.25) is 0 Å². The summed E-state index contributed by atoms with van der Waals surface area (Å²) in [6.45, 7) is 2.93. The minimum absolute atomic E-state index is 0.282. The fraction of sp³-hybridized carbons (Fsp3) is 0.364. The minimum Gasteiger partial charge on any atom is -0.331 e. The van der Waals surface area contributed by atoms with E-state index in [0.717, 1.165) is 11.3 Å². The first-order chi connectivity index (χ1) is 7.16. The van der Waals surface area contributed by atoms with E-state index < -0.39 is 0 Å². The van der Waals surface area contributed by atoms with Gasteiger partial charge >= 0.3 is 0 Å². The average Bonchev–Trinajstić information content (AvgIpc) is 2.53. The van der Waals surface area contributed by atoms with Crippen LogP contribution in [-0.4, -0.2) is 28.1 Å². The van der Waals surface area contributed by atoms with Crippen molar-refractivity contribution in [3.63, 3.8) is 0 Å². The van der Waals surface area contributed by atoms with Gasteiger partial charge in [0, 0.05) is 31.4 Å². The molecule has 4 nitrogen and oxygen atoms in total. The lowest BCUT2D eigenvalue weighted by molar-refractivity contribution is -0.140. The van der Waals surface area contributed by atoms with Crippen LogP contribution >= 0.6 is 0 Å². The highest BCUT2D eigenvalue weighted by molar-refractivity contribution is 6.37. The zero-order valence-corrected chi connectivity index (χ0v) is 8.56. The number of hydrogen-bond acceptors (Lipinski definition) is 3. The van der Waals surface area contributed by atoms with Crippen LogP contribution in [-0.2, 0) is 16.1 Å². The van der Waals surface area contributed by atoms with Crippen molar-refractivity contribution >= 4 is 11.7 Å². The summed E-state index contributed by atoms with van der Waals surface area (Å²) in [5.41, 5.74) is 1.91. The SMILES string of the molecule is Cc1ccc(CN2CCC(=O)C2=O)cn1. The maximum absolute atomic E-state index is 11.3. The Balaban J connectivity index is 2.06. The molecule has 0 aliphatic carbocycles. The summed E-state index contributed by atoms with van der Waals surface area (Å²) >= 11 is 0. The predicted molar refractivity (Wildman–Crippen MR) is 54.0 cm³/mol. The Morgan fingerprint density at radius 2 is 2.20 bits per heavy atom. The first-order valence-electron chi connectivity index (χ1n) is 4.90. The lowest BCUT2D eigenvalue weighted by atomic mass is 10.2. The van der Waals surface area contributed by atoms with Gasteiger partial charge in [0.05, 0.1) is 0 Å². The number of carbonyl (C=O) groups excluding carboxylic acids is 2. The van der Waals surface area contributed by atoms with Gasteiger partial charge in [0.2, 0.25) is 5.78 Å². The number of likely N-dealkylation sites (tertiary alicyclic amines) is 1. The lowest BCUT2D eigenvalue weighted by Crippen LogP contribution is -2.26.